The van der Waals surface area contributed by atoms with Gasteiger partial charge in [-0.1, -0.05) is 54.4 Å². The molecule has 1 N–H and O–H groups in total. The minimum absolute atomic E-state index is 0.0158. The molecule has 0 unspecified atom stereocenters. The van der Waals surface area contributed by atoms with E-state index in [4.69, 9.17) is 9.72 Å². The van der Waals surface area contributed by atoms with Crippen molar-refractivity contribution in [3.8, 4) is 5.75 Å². The molecule has 5 nitrogen and oxygen atoms in total. The highest BCUT2D eigenvalue weighted by Crippen LogP contribution is 2.19. The Balaban J connectivity index is 1.24. The number of hydrogen-bond donors (Lipinski definition) is 1. The van der Waals surface area contributed by atoms with E-state index in [1.165, 1.54) is 11.1 Å². The Labute approximate surface area is 208 Å². The summed E-state index contributed by atoms with van der Waals surface area (Å²) in [6.07, 6.45) is 4.91. The Morgan fingerprint density at radius 3 is 2.54 bits per heavy atom. The minimum Gasteiger partial charge on any atom is -0.494 e. The Bertz CT molecular complexity index is 1250. The lowest BCUT2D eigenvalue weighted by atomic mass is 10.1. The molecule has 1 aromatic heterocycles. The molecule has 0 saturated heterocycles. The highest BCUT2D eigenvalue weighted by atomic mass is 16.5. The van der Waals surface area contributed by atoms with Gasteiger partial charge >= 0.3 is 0 Å². The molecule has 0 aliphatic rings. The van der Waals surface area contributed by atoms with Crippen LogP contribution in [0.1, 0.15) is 53.0 Å². The zero-order chi connectivity index (χ0) is 24.5. The molecule has 0 aliphatic heterocycles. The van der Waals surface area contributed by atoms with Crippen LogP contribution in [0.4, 0.5) is 0 Å². The second kappa shape index (κ2) is 12.2. The first-order valence-corrected chi connectivity index (χ1v) is 12.6. The van der Waals surface area contributed by atoms with Crippen LogP contribution in [0, 0.1) is 13.8 Å². The van der Waals surface area contributed by atoms with Gasteiger partial charge in [-0.15, -0.1) is 0 Å². The van der Waals surface area contributed by atoms with Crippen LogP contribution in [0.25, 0.3) is 11.0 Å². The average molecular weight is 470 g/mol. The summed E-state index contributed by atoms with van der Waals surface area (Å²) in [6, 6.07) is 24.2. The number of para-hydroxylation sites is 3. The van der Waals surface area contributed by atoms with E-state index >= 15 is 0 Å². The fourth-order valence-corrected chi connectivity index (χ4v) is 4.45. The van der Waals surface area contributed by atoms with Gasteiger partial charge in [0.25, 0.3) is 5.91 Å². The van der Waals surface area contributed by atoms with E-state index in [2.05, 4.69) is 34.1 Å². The van der Waals surface area contributed by atoms with Gasteiger partial charge in [-0.2, -0.15) is 0 Å². The third-order valence-corrected chi connectivity index (χ3v) is 6.26. The molecule has 0 spiro atoms. The molecule has 4 rings (SSSR count). The second-order valence-electron chi connectivity index (χ2n) is 9.07. The molecule has 0 saturated carbocycles. The SMILES string of the molecule is Cc1ccc(C(=O)NCCCCCc2nc3ccccc3n2CCCOc2ccccc2)c(C)c1. The largest absolute Gasteiger partial charge is 0.494 e. The summed E-state index contributed by atoms with van der Waals surface area (Å²) in [4.78, 5) is 17.4. The van der Waals surface area contributed by atoms with Crippen molar-refractivity contribution in [1.29, 1.82) is 0 Å². The monoisotopic (exact) mass is 469 g/mol. The number of hydrogen-bond acceptors (Lipinski definition) is 3. The molecule has 1 amide bonds. The number of rotatable bonds is 12. The number of aryl methyl sites for hydroxylation is 4. The number of amides is 1. The van der Waals surface area contributed by atoms with Gasteiger partial charge in [0.2, 0.25) is 0 Å². The Morgan fingerprint density at radius 1 is 0.914 bits per heavy atom. The predicted octanol–water partition coefficient (Wildman–Crippen LogP) is 6.27. The summed E-state index contributed by atoms with van der Waals surface area (Å²) < 4.78 is 8.22. The first kappa shape index (κ1) is 24.5. The summed E-state index contributed by atoms with van der Waals surface area (Å²) >= 11 is 0. The summed E-state index contributed by atoms with van der Waals surface area (Å²) in [6.45, 7) is 6.29. The van der Waals surface area contributed by atoms with Crippen LogP contribution in [0.3, 0.4) is 0 Å². The molecule has 182 valence electrons. The van der Waals surface area contributed by atoms with Crippen molar-refractivity contribution in [2.24, 2.45) is 0 Å². The van der Waals surface area contributed by atoms with Crippen molar-refractivity contribution in [2.45, 2.75) is 52.5 Å². The first-order chi connectivity index (χ1) is 17.1. The van der Waals surface area contributed by atoms with E-state index in [1.807, 2.05) is 62.4 Å². The van der Waals surface area contributed by atoms with Gasteiger partial charge in [0.15, 0.2) is 0 Å². The number of carbonyl (C=O) groups excluding carboxylic acids is 1. The molecule has 0 radical (unpaired) electrons. The Hall–Kier alpha value is -3.60. The molecule has 1 heterocycles. The van der Waals surface area contributed by atoms with E-state index in [1.54, 1.807) is 0 Å². The van der Waals surface area contributed by atoms with Gasteiger partial charge in [-0.25, -0.2) is 4.98 Å². The zero-order valence-corrected chi connectivity index (χ0v) is 20.8. The Morgan fingerprint density at radius 2 is 1.71 bits per heavy atom. The number of benzene rings is 3. The fraction of sp³-hybridized carbons (Fsp3) is 0.333. The fourth-order valence-electron chi connectivity index (χ4n) is 4.45. The number of fused-ring (bicyclic) bond motifs is 1. The second-order valence-corrected chi connectivity index (χ2v) is 9.07. The topological polar surface area (TPSA) is 56.2 Å². The lowest BCUT2D eigenvalue weighted by molar-refractivity contribution is 0.0952. The van der Waals surface area contributed by atoms with Crippen LogP contribution in [0.2, 0.25) is 0 Å². The van der Waals surface area contributed by atoms with Crippen molar-refractivity contribution in [3.63, 3.8) is 0 Å². The van der Waals surface area contributed by atoms with E-state index < -0.39 is 0 Å². The minimum atomic E-state index is 0.0158. The maximum atomic E-state index is 12.5. The quantitative estimate of drug-likeness (QED) is 0.249. The van der Waals surface area contributed by atoms with E-state index in [0.717, 1.165) is 66.9 Å². The van der Waals surface area contributed by atoms with Gasteiger partial charge in [-0.3, -0.25) is 4.79 Å². The predicted molar refractivity (Wildman–Crippen MR) is 142 cm³/mol. The number of carbonyl (C=O) groups is 1. The summed E-state index contributed by atoms with van der Waals surface area (Å²) in [5.74, 6) is 2.06. The van der Waals surface area contributed by atoms with Gasteiger partial charge in [0.05, 0.1) is 17.6 Å². The number of nitrogens with one attached hydrogen (secondary N) is 1. The van der Waals surface area contributed by atoms with Gasteiger partial charge in [-0.05, 0) is 69.0 Å². The number of nitrogens with zero attached hydrogens (tertiary/aromatic N) is 2. The van der Waals surface area contributed by atoms with Gasteiger partial charge in [0, 0.05) is 25.1 Å². The van der Waals surface area contributed by atoms with Crippen LogP contribution in [0.15, 0.2) is 72.8 Å². The smallest absolute Gasteiger partial charge is 0.251 e. The highest BCUT2D eigenvalue weighted by Gasteiger charge is 2.11. The molecule has 3 aromatic carbocycles. The highest BCUT2D eigenvalue weighted by molar-refractivity contribution is 5.95. The first-order valence-electron chi connectivity index (χ1n) is 12.6. The number of imidazole rings is 1. The van der Waals surface area contributed by atoms with Crippen LogP contribution >= 0.6 is 0 Å². The van der Waals surface area contributed by atoms with E-state index in [-0.39, 0.29) is 5.91 Å². The normalized spacial score (nSPS) is 11.0. The molecule has 5 heteroatoms. The lowest BCUT2D eigenvalue weighted by Crippen LogP contribution is -2.25. The molecular weight excluding hydrogens is 434 g/mol. The molecule has 0 bridgehead atoms. The van der Waals surface area contributed by atoms with Gasteiger partial charge < -0.3 is 14.6 Å². The molecule has 0 fully saturated rings. The molecule has 35 heavy (non-hydrogen) atoms. The zero-order valence-electron chi connectivity index (χ0n) is 20.8. The van der Waals surface area contributed by atoms with Crippen LogP contribution < -0.4 is 10.1 Å². The molecular formula is C30H35N3O2. The number of aromatic nitrogens is 2. The molecule has 0 aliphatic carbocycles. The molecule has 0 atom stereocenters. The summed E-state index contributed by atoms with van der Waals surface area (Å²) in [5, 5.41) is 3.06. The lowest BCUT2D eigenvalue weighted by Gasteiger charge is -2.11. The number of unbranched alkanes of at least 4 members (excludes halogenated alkanes) is 2. The van der Waals surface area contributed by atoms with Crippen LogP contribution in [-0.4, -0.2) is 28.6 Å². The number of ether oxygens (including phenoxy) is 1. The van der Waals surface area contributed by atoms with Crippen molar-refractivity contribution < 1.29 is 9.53 Å². The van der Waals surface area contributed by atoms with Crippen LogP contribution in [-0.2, 0) is 13.0 Å². The third kappa shape index (κ3) is 6.72. The van der Waals surface area contributed by atoms with E-state index in [0.29, 0.717) is 13.2 Å². The maximum Gasteiger partial charge on any atom is 0.251 e. The van der Waals surface area contributed by atoms with Crippen molar-refractivity contribution >= 4 is 16.9 Å². The summed E-state index contributed by atoms with van der Waals surface area (Å²) in [5.41, 5.74) is 5.19. The maximum absolute atomic E-state index is 12.5. The average Bonchev–Trinajstić information content (AvgIpc) is 3.21. The van der Waals surface area contributed by atoms with Crippen molar-refractivity contribution in [2.75, 3.05) is 13.2 Å². The van der Waals surface area contributed by atoms with Crippen molar-refractivity contribution in [3.05, 3.63) is 95.3 Å². The van der Waals surface area contributed by atoms with E-state index in [9.17, 15) is 4.79 Å². The standard InChI is InChI=1S/C30H35N3O2/c1-23-17-18-26(24(2)22-23)30(34)31-19-10-4-7-16-29-32-27-14-8-9-15-28(27)33(29)20-11-21-35-25-12-5-3-6-13-25/h3,5-6,8-9,12-15,17-18,22H,4,7,10-11,16,19-21H2,1-2H3,(H,31,34). The van der Waals surface area contributed by atoms with Crippen LogP contribution in [0.5, 0.6) is 5.75 Å². The summed E-state index contributed by atoms with van der Waals surface area (Å²) in [7, 11) is 0. The molecule has 4 aromatic rings. The van der Waals surface area contributed by atoms with Gasteiger partial charge in [0.1, 0.15) is 11.6 Å². The van der Waals surface area contributed by atoms with Crippen molar-refractivity contribution in [1.82, 2.24) is 14.9 Å². The Kier molecular flexibility index (Phi) is 8.55. The third-order valence-electron chi connectivity index (χ3n) is 6.26.